The topological polar surface area (TPSA) is 49.4 Å². The predicted molar refractivity (Wildman–Crippen MR) is 84.4 cm³/mol. The minimum atomic E-state index is 0. The molecule has 0 unspecified atom stereocenters. The maximum atomic E-state index is 10.9. The van der Waals surface area contributed by atoms with Gasteiger partial charge in [-0.1, -0.05) is 0 Å². The number of nitrogens with one attached hydrogen (secondary N) is 1. The summed E-state index contributed by atoms with van der Waals surface area (Å²) in [5.41, 5.74) is 0. The van der Waals surface area contributed by atoms with Crippen LogP contribution < -0.4 is 5.32 Å². The van der Waals surface area contributed by atoms with E-state index in [9.17, 15) is 9.59 Å². The molecule has 0 radical (unpaired) electrons. The largest absolute Gasteiger partial charge is 0.317 e. The van der Waals surface area contributed by atoms with Gasteiger partial charge in [0.25, 0.3) is 0 Å². The fraction of sp³-hybridized carbons (Fsp3) is 0.867. The molecular weight excluding hydrogens is 276 g/mol. The van der Waals surface area contributed by atoms with Crippen LogP contribution in [0, 0.1) is 11.8 Å². The fourth-order valence-corrected chi connectivity index (χ4v) is 2.64. The first-order chi connectivity index (χ1) is 9.00. The fourth-order valence-electron chi connectivity index (χ4n) is 2.64. The highest BCUT2D eigenvalue weighted by Gasteiger charge is 2.19. The van der Waals surface area contributed by atoms with Crippen molar-refractivity contribution < 1.29 is 9.59 Å². The number of likely N-dealkylation sites (tertiary alicyclic amines) is 1. The second-order valence-electron chi connectivity index (χ2n) is 5.82. The lowest BCUT2D eigenvalue weighted by Gasteiger charge is -2.26. The molecule has 0 aromatic carbocycles. The van der Waals surface area contributed by atoms with Crippen LogP contribution in [0.5, 0.6) is 0 Å². The van der Waals surface area contributed by atoms with Gasteiger partial charge in [0.2, 0.25) is 0 Å². The lowest BCUT2D eigenvalue weighted by Crippen LogP contribution is -2.32. The van der Waals surface area contributed by atoms with Crippen molar-refractivity contribution in [2.45, 2.75) is 39.5 Å². The smallest absolute Gasteiger partial charge is 0.133 e. The number of rotatable bonds is 2. The number of piperidine rings is 2. The van der Waals surface area contributed by atoms with Gasteiger partial charge in [-0.15, -0.1) is 12.4 Å². The maximum Gasteiger partial charge on any atom is 0.133 e. The van der Waals surface area contributed by atoms with E-state index in [4.69, 9.17) is 0 Å². The van der Waals surface area contributed by atoms with Crippen LogP contribution in [0.25, 0.3) is 0 Å². The lowest BCUT2D eigenvalue weighted by atomic mass is 9.94. The third-order valence-corrected chi connectivity index (χ3v) is 4.21. The van der Waals surface area contributed by atoms with Crippen LogP contribution in [0.3, 0.4) is 0 Å². The van der Waals surface area contributed by atoms with Crippen molar-refractivity contribution >= 4 is 24.0 Å². The second-order valence-corrected chi connectivity index (χ2v) is 5.82. The molecule has 1 N–H and O–H groups in total. The summed E-state index contributed by atoms with van der Waals surface area (Å²) in [5.74, 6) is 1.44. The maximum absolute atomic E-state index is 10.9. The summed E-state index contributed by atoms with van der Waals surface area (Å²) in [5, 5.41) is 3.22. The monoisotopic (exact) mass is 304 g/mol. The zero-order chi connectivity index (χ0) is 14.3. The Morgan fingerprint density at radius 2 is 1.30 bits per heavy atom. The van der Waals surface area contributed by atoms with Crippen molar-refractivity contribution in [1.82, 2.24) is 10.2 Å². The molecule has 2 heterocycles. The highest BCUT2D eigenvalue weighted by atomic mass is 35.5. The average Bonchev–Trinajstić information content (AvgIpc) is 2.41. The van der Waals surface area contributed by atoms with Crippen LogP contribution in [0.4, 0.5) is 0 Å². The van der Waals surface area contributed by atoms with Crippen molar-refractivity contribution in [2.24, 2.45) is 11.8 Å². The van der Waals surface area contributed by atoms with Gasteiger partial charge in [0.05, 0.1) is 0 Å². The van der Waals surface area contributed by atoms with E-state index in [0.29, 0.717) is 23.4 Å². The van der Waals surface area contributed by atoms with Gasteiger partial charge in [-0.2, -0.15) is 0 Å². The second kappa shape index (κ2) is 10.3. The van der Waals surface area contributed by atoms with Crippen LogP contribution >= 0.6 is 12.4 Å². The molecular formula is C15H29ClN2O2. The molecule has 118 valence electrons. The number of hydrogen-bond acceptors (Lipinski definition) is 4. The number of Topliss-reactive ketones (excluding diaryl/α,β-unsaturated/α-hetero) is 2. The molecule has 2 aliphatic rings. The molecule has 2 aliphatic heterocycles. The first kappa shape index (κ1) is 19.6. The Morgan fingerprint density at radius 3 is 1.65 bits per heavy atom. The van der Waals surface area contributed by atoms with Crippen molar-refractivity contribution in [1.29, 1.82) is 0 Å². The summed E-state index contributed by atoms with van der Waals surface area (Å²) in [6.07, 6.45) is 4.20. The van der Waals surface area contributed by atoms with Crippen molar-refractivity contribution in [3.05, 3.63) is 0 Å². The third kappa shape index (κ3) is 7.36. The highest BCUT2D eigenvalue weighted by Crippen LogP contribution is 2.16. The molecule has 0 aliphatic carbocycles. The first-order valence-electron chi connectivity index (χ1n) is 7.41. The molecule has 2 saturated heterocycles. The van der Waals surface area contributed by atoms with Crippen LogP contribution in [0.2, 0.25) is 0 Å². The summed E-state index contributed by atoms with van der Waals surface area (Å²) in [7, 11) is 2.11. The zero-order valence-corrected chi connectivity index (χ0v) is 13.8. The molecule has 0 atom stereocenters. The number of halogens is 1. The quantitative estimate of drug-likeness (QED) is 0.847. The van der Waals surface area contributed by atoms with Crippen LogP contribution in [0.1, 0.15) is 39.5 Å². The van der Waals surface area contributed by atoms with Gasteiger partial charge in [0, 0.05) is 11.8 Å². The van der Waals surface area contributed by atoms with E-state index in [1.165, 1.54) is 0 Å². The van der Waals surface area contributed by atoms with E-state index < -0.39 is 0 Å². The normalized spacial score (nSPS) is 21.4. The van der Waals surface area contributed by atoms with Crippen molar-refractivity contribution in [3.63, 3.8) is 0 Å². The molecule has 20 heavy (non-hydrogen) atoms. The molecule has 2 rings (SSSR count). The first-order valence-corrected chi connectivity index (χ1v) is 7.41. The molecule has 0 amide bonds. The third-order valence-electron chi connectivity index (χ3n) is 4.21. The van der Waals surface area contributed by atoms with Crippen molar-refractivity contribution in [2.75, 3.05) is 33.2 Å². The van der Waals surface area contributed by atoms with Gasteiger partial charge >= 0.3 is 0 Å². The number of hydrogen-bond donors (Lipinski definition) is 1. The van der Waals surface area contributed by atoms with Crippen LogP contribution in [-0.2, 0) is 9.59 Å². The van der Waals surface area contributed by atoms with E-state index in [1.807, 2.05) is 0 Å². The van der Waals surface area contributed by atoms with E-state index in [1.54, 1.807) is 13.8 Å². The molecule has 2 fully saturated rings. The molecule has 0 saturated carbocycles. The number of nitrogens with zero attached hydrogens (tertiary/aromatic N) is 1. The Balaban J connectivity index is 0.000000345. The van der Waals surface area contributed by atoms with Gasteiger partial charge in [-0.05, 0) is 72.8 Å². The molecule has 5 heteroatoms. The number of carbonyl (C=O) groups excluding carboxylic acids is 2. The minimum absolute atomic E-state index is 0. The standard InChI is InChI=1S/C8H15NO.C7H13NO.ClH/c1-7(10)8-3-5-9(2)6-4-8;1-6(9)7-2-4-8-5-3-7;/h8H,3-6H2,1-2H3;7-8H,2-5H2,1H3;1H. The van der Waals surface area contributed by atoms with Gasteiger partial charge in [-0.25, -0.2) is 0 Å². The van der Waals surface area contributed by atoms with Gasteiger partial charge in [0.1, 0.15) is 11.6 Å². The summed E-state index contributed by atoms with van der Waals surface area (Å²) in [6, 6.07) is 0. The Morgan fingerprint density at radius 1 is 0.900 bits per heavy atom. The Kier molecular flexibility index (Phi) is 10.1. The summed E-state index contributed by atoms with van der Waals surface area (Å²) in [6.45, 7) is 7.61. The van der Waals surface area contributed by atoms with Gasteiger partial charge in [-0.3, -0.25) is 9.59 Å². The van der Waals surface area contributed by atoms with E-state index in [-0.39, 0.29) is 12.4 Å². The van der Waals surface area contributed by atoms with Gasteiger partial charge in [0.15, 0.2) is 0 Å². The summed E-state index contributed by atoms with van der Waals surface area (Å²) in [4.78, 5) is 23.9. The summed E-state index contributed by atoms with van der Waals surface area (Å²) < 4.78 is 0. The van der Waals surface area contributed by atoms with Gasteiger partial charge < -0.3 is 10.2 Å². The van der Waals surface area contributed by atoms with Crippen LogP contribution in [0.15, 0.2) is 0 Å². The molecule has 0 aromatic heterocycles. The van der Waals surface area contributed by atoms with Crippen molar-refractivity contribution in [3.8, 4) is 0 Å². The van der Waals surface area contributed by atoms with E-state index in [0.717, 1.165) is 51.9 Å². The Labute approximate surface area is 129 Å². The predicted octanol–water partition coefficient (Wildman–Crippen LogP) is 1.91. The molecule has 4 nitrogen and oxygen atoms in total. The molecule has 0 spiro atoms. The average molecular weight is 305 g/mol. The molecule has 0 aromatic rings. The molecule has 0 bridgehead atoms. The van der Waals surface area contributed by atoms with E-state index >= 15 is 0 Å². The Hall–Kier alpha value is -0.450. The lowest BCUT2D eigenvalue weighted by molar-refractivity contribution is -0.122. The Bertz CT molecular complexity index is 296. The number of carbonyl (C=O) groups is 2. The minimum Gasteiger partial charge on any atom is -0.317 e. The SMILES string of the molecule is CC(=O)C1CCN(C)CC1.CC(=O)C1CCNCC1.Cl. The number of ketones is 2. The van der Waals surface area contributed by atoms with Crippen LogP contribution in [-0.4, -0.2) is 49.7 Å². The van der Waals surface area contributed by atoms with E-state index in [2.05, 4.69) is 17.3 Å². The summed E-state index contributed by atoms with van der Waals surface area (Å²) >= 11 is 0. The zero-order valence-electron chi connectivity index (χ0n) is 13.0. The highest BCUT2D eigenvalue weighted by molar-refractivity contribution is 5.85.